The molecule has 1 unspecified atom stereocenters. The number of imide groups is 1. The van der Waals surface area contributed by atoms with E-state index in [-0.39, 0.29) is 29.0 Å². The van der Waals surface area contributed by atoms with E-state index in [9.17, 15) is 24.0 Å². The molecule has 0 radical (unpaired) electrons. The molecule has 35 heavy (non-hydrogen) atoms. The first kappa shape index (κ1) is 23.8. The molecule has 2 heterocycles. The molecular formula is C27H24N2O6. The summed E-state index contributed by atoms with van der Waals surface area (Å²) < 4.78 is 5.33. The summed E-state index contributed by atoms with van der Waals surface area (Å²) >= 11 is 0. The molecule has 1 N–H and O–H groups in total. The van der Waals surface area contributed by atoms with Crippen molar-refractivity contribution in [3.05, 3.63) is 93.8 Å². The van der Waals surface area contributed by atoms with Gasteiger partial charge in [0.25, 0.3) is 11.8 Å². The van der Waals surface area contributed by atoms with Crippen molar-refractivity contribution in [1.29, 1.82) is 0 Å². The van der Waals surface area contributed by atoms with Gasteiger partial charge in [-0.05, 0) is 44.0 Å². The van der Waals surface area contributed by atoms with E-state index in [1.54, 1.807) is 50.2 Å². The fourth-order valence-electron chi connectivity index (χ4n) is 4.47. The maximum Gasteiger partial charge on any atom is 0.330 e. The predicted molar refractivity (Wildman–Crippen MR) is 126 cm³/mol. The number of hydrogen-bond acceptors (Lipinski definition) is 6. The van der Waals surface area contributed by atoms with E-state index < -0.39 is 36.2 Å². The molecule has 1 aliphatic rings. The average molecular weight is 472 g/mol. The quantitative estimate of drug-likeness (QED) is 0.305. The zero-order chi connectivity index (χ0) is 25.3. The molecule has 0 saturated heterocycles. The van der Waals surface area contributed by atoms with Crippen LogP contribution in [0.2, 0.25) is 0 Å². The Bertz CT molecular complexity index is 1320. The van der Waals surface area contributed by atoms with Crippen molar-refractivity contribution in [3.8, 4) is 0 Å². The summed E-state index contributed by atoms with van der Waals surface area (Å²) in [4.78, 5) is 67.7. The Balaban J connectivity index is 1.58. The second-order valence-corrected chi connectivity index (χ2v) is 8.44. The molecule has 3 aromatic rings. The Labute approximate surface area is 201 Å². The Morgan fingerprint density at radius 3 is 2.03 bits per heavy atom. The molecule has 0 spiro atoms. The molecule has 4 rings (SSSR count). The van der Waals surface area contributed by atoms with Gasteiger partial charge in [0.1, 0.15) is 6.04 Å². The smallest absolute Gasteiger partial charge is 0.330 e. The molecule has 0 saturated carbocycles. The van der Waals surface area contributed by atoms with Gasteiger partial charge in [-0.3, -0.25) is 24.1 Å². The molecule has 1 aliphatic heterocycles. The van der Waals surface area contributed by atoms with Crippen molar-refractivity contribution in [2.75, 3.05) is 6.61 Å². The largest absolute Gasteiger partial charge is 0.456 e. The van der Waals surface area contributed by atoms with Crippen molar-refractivity contribution < 1.29 is 28.7 Å². The fourth-order valence-corrected chi connectivity index (χ4v) is 4.47. The lowest BCUT2D eigenvalue weighted by Crippen LogP contribution is -2.47. The molecule has 0 aliphatic carbocycles. The number of amides is 2. The molecular weight excluding hydrogens is 448 g/mol. The van der Waals surface area contributed by atoms with Crippen molar-refractivity contribution in [2.45, 2.75) is 33.2 Å². The summed E-state index contributed by atoms with van der Waals surface area (Å²) in [5.41, 5.74) is 2.80. The number of ether oxygens (including phenoxy) is 1. The van der Waals surface area contributed by atoms with Crippen LogP contribution in [0.5, 0.6) is 0 Å². The first-order valence-corrected chi connectivity index (χ1v) is 11.1. The summed E-state index contributed by atoms with van der Waals surface area (Å²) in [6.45, 7) is 4.14. The minimum atomic E-state index is -1.25. The highest BCUT2D eigenvalue weighted by atomic mass is 16.5. The molecule has 1 atom stereocenters. The van der Waals surface area contributed by atoms with Gasteiger partial charge in [0.2, 0.25) is 5.78 Å². The maximum atomic E-state index is 13.2. The summed E-state index contributed by atoms with van der Waals surface area (Å²) in [7, 11) is 0. The molecule has 2 amide bonds. The molecule has 8 nitrogen and oxygen atoms in total. The van der Waals surface area contributed by atoms with Gasteiger partial charge in [0, 0.05) is 17.7 Å². The molecule has 178 valence electrons. The third-order valence-corrected chi connectivity index (χ3v) is 6.10. The number of Topliss-reactive ketones (excluding diaryl/α,β-unsaturated/α-hetero) is 2. The highest BCUT2D eigenvalue weighted by Gasteiger charge is 2.43. The maximum absolute atomic E-state index is 13.2. The fraction of sp³-hybridized carbons (Fsp3) is 0.222. The molecule has 0 fully saturated rings. The molecule has 1 aromatic heterocycles. The van der Waals surface area contributed by atoms with Gasteiger partial charge in [0.15, 0.2) is 12.4 Å². The zero-order valence-electron chi connectivity index (χ0n) is 19.6. The van der Waals surface area contributed by atoms with Crippen LogP contribution in [0, 0.1) is 13.8 Å². The minimum absolute atomic E-state index is 0.0362. The van der Waals surface area contributed by atoms with E-state index in [4.69, 9.17) is 4.74 Å². The van der Waals surface area contributed by atoms with Gasteiger partial charge in [-0.2, -0.15) is 0 Å². The number of H-pyrrole nitrogens is 1. The number of esters is 1. The van der Waals surface area contributed by atoms with Gasteiger partial charge < -0.3 is 9.72 Å². The second kappa shape index (κ2) is 9.50. The number of aromatic amines is 1. The Morgan fingerprint density at radius 1 is 0.914 bits per heavy atom. The number of aryl methyl sites for hydroxylation is 1. The summed E-state index contributed by atoms with van der Waals surface area (Å²) in [5, 5.41) is 0. The molecule has 0 bridgehead atoms. The lowest BCUT2D eigenvalue weighted by molar-refractivity contribution is -0.147. The summed E-state index contributed by atoms with van der Waals surface area (Å²) in [6.07, 6.45) is 0.0362. The summed E-state index contributed by atoms with van der Waals surface area (Å²) in [5.74, 6) is -2.74. The third kappa shape index (κ3) is 4.42. The topological polar surface area (TPSA) is 114 Å². The zero-order valence-corrected chi connectivity index (χ0v) is 19.6. The van der Waals surface area contributed by atoms with Crippen molar-refractivity contribution in [3.63, 3.8) is 0 Å². The van der Waals surface area contributed by atoms with Crippen molar-refractivity contribution in [2.24, 2.45) is 0 Å². The van der Waals surface area contributed by atoms with E-state index in [0.29, 0.717) is 16.8 Å². The van der Waals surface area contributed by atoms with Crippen LogP contribution >= 0.6 is 0 Å². The lowest BCUT2D eigenvalue weighted by atomic mass is 10.0. The first-order valence-electron chi connectivity index (χ1n) is 11.1. The van der Waals surface area contributed by atoms with Crippen molar-refractivity contribution >= 4 is 29.4 Å². The summed E-state index contributed by atoms with van der Waals surface area (Å²) in [6, 6.07) is 14.0. The number of nitrogens with zero attached hydrogens (tertiary/aromatic N) is 1. The minimum Gasteiger partial charge on any atom is -0.456 e. The van der Waals surface area contributed by atoms with Crippen molar-refractivity contribution in [1.82, 2.24) is 9.88 Å². The second-order valence-electron chi connectivity index (χ2n) is 8.44. The number of carbonyl (C=O) groups excluding carboxylic acids is 5. The number of hydrogen-bond donors (Lipinski definition) is 1. The Morgan fingerprint density at radius 2 is 1.49 bits per heavy atom. The van der Waals surface area contributed by atoms with Crippen LogP contribution in [0.15, 0.2) is 54.6 Å². The van der Waals surface area contributed by atoms with Crippen LogP contribution in [-0.4, -0.2) is 51.9 Å². The normalized spacial score (nSPS) is 13.5. The predicted octanol–water partition coefficient (Wildman–Crippen LogP) is 3.47. The highest BCUT2D eigenvalue weighted by Crippen LogP contribution is 2.27. The van der Waals surface area contributed by atoms with Gasteiger partial charge in [-0.15, -0.1) is 0 Å². The van der Waals surface area contributed by atoms with E-state index in [1.165, 1.54) is 19.1 Å². The number of rotatable bonds is 8. The lowest BCUT2D eigenvalue weighted by Gasteiger charge is -2.24. The van der Waals surface area contributed by atoms with Gasteiger partial charge in [-0.25, -0.2) is 4.79 Å². The van der Waals surface area contributed by atoms with Crippen LogP contribution in [0.1, 0.15) is 65.3 Å². The van der Waals surface area contributed by atoms with E-state index in [0.717, 1.165) is 10.5 Å². The Hall–Kier alpha value is -4.33. The number of ketones is 2. The van der Waals surface area contributed by atoms with Gasteiger partial charge >= 0.3 is 5.97 Å². The van der Waals surface area contributed by atoms with Crippen LogP contribution in [0.3, 0.4) is 0 Å². The number of nitrogens with one attached hydrogen (secondary N) is 1. The SMILES string of the molecule is CC(=O)c1c(C)[nH]c(C(=O)COC(=O)C(Cc2ccccc2)N2C(=O)c3ccccc3C2=O)c1C. The average Bonchev–Trinajstić information content (AvgIpc) is 3.28. The standard InChI is InChI=1S/C27H24N2O6/c1-15-23(17(3)30)16(2)28-24(15)22(31)14-35-27(34)21(13-18-9-5-4-6-10-18)29-25(32)19-11-7-8-12-20(19)26(29)33/h4-12,21,28H,13-14H2,1-3H3. The number of aromatic nitrogens is 1. The van der Waals surface area contributed by atoms with E-state index >= 15 is 0 Å². The number of fused-ring (bicyclic) bond motifs is 1. The van der Waals surface area contributed by atoms with Gasteiger partial charge in [-0.1, -0.05) is 42.5 Å². The Kier molecular flexibility index (Phi) is 6.46. The van der Waals surface area contributed by atoms with Gasteiger partial charge in [0.05, 0.1) is 16.8 Å². The third-order valence-electron chi connectivity index (χ3n) is 6.10. The number of benzene rings is 2. The monoisotopic (exact) mass is 472 g/mol. The van der Waals surface area contributed by atoms with E-state index in [1.807, 2.05) is 6.07 Å². The first-order chi connectivity index (χ1) is 16.7. The van der Waals surface area contributed by atoms with Crippen LogP contribution in [-0.2, 0) is 16.0 Å². The highest BCUT2D eigenvalue weighted by molar-refractivity contribution is 6.22. The van der Waals surface area contributed by atoms with Crippen LogP contribution in [0.4, 0.5) is 0 Å². The molecule has 8 heteroatoms. The number of carbonyl (C=O) groups is 5. The van der Waals surface area contributed by atoms with Crippen LogP contribution < -0.4 is 0 Å². The van der Waals surface area contributed by atoms with E-state index in [2.05, 4.69) is 4.98 Å². The molecule has 2 aromatic carbocycles. The van der Waals surface area contributed by atoms with Crippen LogP contribution in [0.25, 0.3) is 0 Å².